The topological polar surface area (TPSA) is 64.6 Å². The molecule has 0 fully saturated rings. The summed E-state index contributed by atoms with van der Waals surface area (Å²) in [7, 11) is 1.33. The Balaban J connectivity index is 1.98. The Morgan fingerprint density at radius 3 is 1.92 bits per heavy atom. The van der Waals surface area contributed by atoms with Crippen molar-refractivity contribution in [2.24, 2.45) is 5.92 Å². The van der Waals surface area contributed by atoms with Gasteiger partial charge in [0.1, 0.15) is 11.6 Å². The first-order valence-corrected chi connectivity index (χ1v) is 12.2. The number of carbonyl (C=O) groups is 2. The summed E-state index contributed by atoms with van der Waals surface area (Å²) >= 11 is 0. The van der Waals surface area contributed by atoms with E-state index in [-0.39, 0.29) is 6.42 Å². The van der Waals surface area contributed by atoms with Gasteiger partial charge in [-0.2, -0.15) is 0 Å². The van der Waals surface area contributed by atoms with Gasteiger partial charge in [-0.25, -0.2) is 0 Å². The molecule has 1 aliphatic carbocycles. The van der Waals surface area contributed by atoms with Crippen molar-refractivity contribution in [1.29, 1.82) is 0 Å². The van der Waals surface area contributed by atoms with Crippen LogP contribution in [0.5, 0.6) is 0 Å². The maximum absolute atomic E-state index is 13.8. The van der Waals surface area contributed by atoms with Crippen molar-refractivity contribution in [3.05, 3.63) is 108 Å². The molecule has 0 amide bonds. The van der Waals surface area contributed by atoms with Gasteiger partial charge >= 0.3 is 11.9 Å². The third-order valence-corrected chi connectivity index (χ3v) is 6.52. The smallest absolute Gasteiger partial charge is 0.324 e. The molecule has 5 nitrogen and oxygen atoms in total. The summed E-state index contributed by atoms with van der Waals surface area (Å²) in [6, 6.07) is 25.3. The van der Waals surface area contributed by atoms with Crippen molar-refractivity contribution >= 4 is 11.9 Å². The predicted octanol–water partition coefficient (Wildman–Crippen LogP) is 5.62. The number of nitrogens with one attached hydrogen (secondary N) is 1. The molecular formula is C31H33NO4. The second-order valence-electron chi connectivity index (χ2n) is 10.0. The van der Waals surface area contributed by atoms with Crippen LogP contribution in [-0.2, 0) is 24.6 Å². The molecule has 0 spiro atoms. The van der Waals surface area contributed by atoms with Crippen LogP contribution < -0.4 is 5.32 Å². The van der Waals surface area contributed by atoms with Gasteiger partial charge in [-0.05, 0) is 55.0 Å². The summed E-state index contributed by atoms with van der Waals surface area (Å²) in [4.78, 5) is 26.8. The van der Waals surface area contributed by atoms with Crippen molar-refractivity contribution in [2.75, 3.05) is 7.11 Å². The fourth-order valence-corrected chi connectivity index (χ4v) is 5.09. The van der Waals surface area contributed by atoms with Gasteiger partial charge in [-0.15, -0.1) is 6.58 Å². The molecule has 1 N–H and O–H groups in total. The molecule has 186 valence electrons. The van der Waals surface area contributed by atoms with Crippen LogP contribution >= 0.6 is 0 Å². The molecule has 5 heteroatoms. The lowest BCUT2D eigenvalue weighted by Crippen LogP contribution is -2.57. The molecule has 0 aromatic heterocycles. The Bertz CT molecular complexity index is 1210. The fourth-order valence-electron chi connectivity index (χ4n) is 5.09. The summed E-state index contributed by atoms with van der Waals surface area (Å²) in [5, 5.41) is 3.66. The summed E-state index contributed by atoms with van der Waals surface area (Å²) in [6.45, 7) is 9.27. The van der Waals surface area contributed by atoms with Crippen LogP contribution in [0.15, 0.2) is 91.5 Å². The van der Waals surface area contributed by atoms with E-state index in [2.05, 4.69) is 36.2 Å². The zero-order valence-electron chi connectivity index (χ0n) is 21.3. The number of methoxy groups -OCH3 is 1. The fraction of sp³-hybridized carbons (Fsp3) is 0.290. The number of benzene rings is 3. The van der Waals surface area contributed by atoms with E-state index in [9.17, 15) is 9.59 Å². The van der Waals surface area contributed by atoms with E-state index in [1.165, 1.54) is 7.11 Å². The molecule has 1 aliphatic rings. The average Bonchev–Trinajstić information content (AvgIpc) is 3.16. The van der Waals surface area contributed by atoms with E-state index in [1.54, 1.807) is 6.08 Å². The third-order valence-electron chi connectivity index (χ3n) is 6.52. The molecule has 4 rings (SSSR count). The van der Waals surface area contributed by atoms with Crippen molar-refractivity contribution in [3.8, 4) is 11.1 Å². The lowest BCUT2D eigenvalue weighted by molar-refractivity contribution is -0.164. The summed E-state index contributed by atoms with van der Waals surface area (Å²) in [5.74, 6) is -1.85. The highest BCUT2D eigenvalue weighted by molar-refractivity contribution is 5.87. The summed E-state index contributed by atoms with van der Waals surface area (Å²) < 4.78 is 11.0. The number of fused-ring (bicyclic) bond motifs is 3. The standard InChI is InChI=1S/C31H33NO4/c1-6-14-24(28(33)35-5)27(29(34)36-30(2,3)4)32-31(21-15-8-7-9-16-21)25-19-12-10-17-22(25)23-18-11-13-20-26(23)31/h6-13,15-20,24,27,32H,1,14H2,2-5H3/t24?,27-/m0/s1. The van der Waals surface area contributed by atoms with Crippen molar-refractivity contribution in [2.45, 2.75) is 44.4 Å². The van der Waals surface area contributed by atoms with Crippen molar-refractivity contribution in [3.63, 3.8) is 0 Å². The Kier molecular flexibility index (Phi) is 7.14. The molecule has 3 aromatic carbocycles. The van der Waals surface area contributed by atoms with E-state index < -0.39 is 35.0 Å². The number of esters is 2. The quantitative estimate of drug-likeness (QED) is 0.333. The van der Waals surface area contributed by atoms with Gasteiger partial charge in [-0.1, -0.05) is 84.9 Å². The minimum absolute atomic E-state index is 0.248. The van der Waals surface area contributed by atoms with Gasteiger partial charge in [0, 0.05) is 0 Å². The van der Waals surface area contributed by atoms with Gasteiger partial charge in [0.25, 0.3) is 0 Å². The number of hydrogen-bond donors (Lipinski definition) is 1. The zero-order valence-corrected chi connectivity index (χ0v) is 21.3. The SMILES string of the molecule is C=CCC(C(=O)OC)[C@H](NC1(c2ccccc2)c2ccccc2-c2ccccc21)C(=O)OC(C)(C)C. The highest BCUT2D eigenvalue weighted by Gasteiger charge is 2.49. The Morgan fingerprint density at radius 2 is 1.42 bits per heavy atom. The molecule has 0 bridgehead atoms. The van der Waals surface area contributed by atoms with Gasteiger partial charge in [-0.3, -0.25) is 14.9 Å². The maximum Gasteiger partial charge on any atom is 0.324 e. The Morgan fingerprint density at radius 1 is 0.889 bits per heavy atom. The van der Waals surface area contributed by atoms with Gasteiger partial charge < -0.3 is 9.47 Å². The van der Waals surface area contributed by atoms with Gasteiger partial charge in [0.2, 0.25) is 0 Å². The van der Waals surface area contributed by atoms with Crippen molar-refractivity contribution < 1.29 is 19.1 Å². The highest BCUT2D eigenvalue weighted by Crippen LogP contribution is 2.51. The first-order valence-electron chi connectivity index (χ1n) is 12.2. The Labute approximate surface area is 213 Å². The van der Waals surface area contributed by atoms with Crippen LogP contribution in [0.2, 0.25) is 0 Å². The molecule has 0 saturated heterocycles. The molecular weight excluding hydrogens is 450 g/mol. The first kappa shape index (κ1) is 25.4. The second-order valence-corrected chi connectivity index (χ2v) is 10.0. The van der Waals surface area contributed by atoms with E-state index in [0.717, 1.165) is 27.8 Å². The number of allylic oxidation sites excluding steroid dienone is 1. The molecule has 1 unspecified atom stereocenters. The van der Waals surface area contributed by atoms with E-state index in [0.29, 0.717) is 0 Å². The third kappa shape index (κ3) is 4.59. The minimum Gasteiger partial charge on any atom is -0.469 e. The normalized spacial score (nSPS) is 15.2. The van der Waals surface area contributed by atoms with Crippen LogP contribution in [0.4, 0.5) is 0 Å². The monoisotopic (exact) mass is 483 g/mol. The number of carbonyl (C=O) groups excluding carboxylic acids is 2. The van der Waals surface area contributed by atoms with E-state index in [1.807, 2.05) is 75.4 Å². The summed E-state index contributed by atoms with van der Waals surface area (Å²) in [5.41, 5.74) is 3.48. The number of ether oxygens (including phenoxy) is 2. The van der Waals surface area contributed by atoms with Crippen LogP contribution in [0.25, 0.3) is 11.1 Å². The van der Waals surface area contributed by atoms with Crippen LogP contribution in [0, 0.1) is 5.92 Å². The lowest BCUT2D eigenvalue weighted by atomic mass is 9.78. The molecule has 0 radical (unpaired) electrons. The van der Waals surface area contributed by atoms with Crippen LogP contribution in [0.1, 0.15) is 43.9 Å². The maximum atomic E-state index is 13.8. The average molecular weight is 484 g/mol. The van der Waals surface area contributed by atoms with Crippen LogP contribution in [-0.4, -0.2) is 30.7 Å². The molecule has 0 saturated carbocycles. The van der Waals surface area contributed by atoms with Crippen molar-refractivity contribution in [1.82, 2.24) is 5.32 Å². The number of hydrogen-bond acceptors (Lipinski definition) is 5. The zero-order chi connectivity index (χ0) is 25.9. The molecule has 0 heterocycles. The van der Waals surface area contributed by atoms with Gasteiger partial charge in [0.15, 0.2) is 0 Å². The molecule has 0 aliphatic heterocycles. The lowest BCUT2D eigenvalue weighted by Gasteiger charge is -2.39. The molecule has 2 atom stereocenters. The highest BCUT2D eigenvalue weighted by atomic mass is 16.6. The molecule has 36 heavy (non-hydrogen) atoms. The number of rotatable bonds is 8. The van der Waals surface area contributed by atoms with Gasteiger partial charge in [0.05, 0.1) is 18.6 Å². The Hall–Kier alpha value is -3.70. The predicted molar refractivity (Wildman–Crippen MR) is 141 cm³/mol. The molecule has 3 aromatic rings. The van der Waals surface area contributed by atoms with E-state index in [4.69, 9.17) is 9.47 Å². The first-order chi connectivity index (χ1) is 17.2. The van der Waals surface area contributed by atoms with Crippen LogP contribution in [0.3, 0.4) is 0 Å². The van der Waals surface area contributed by atoms with E-state index >= 15 is 0 Å². The second kappa shape index (κ2) is 10.1. The minimum atomic E-state index is -1.01. The largest absolute Gasteiger partial charge is 0.469 e. The summed E-state index contributed by atoms with van der Waals surface area (Å²) in [6.07, 6.45) is 1.88.